The monoisotopic (exact) mass is 394 g/mol. The molecular formula is C25H34N2O2. The third-order valence-electron chi connectivity index (χ3n) is 7.02. The van der Waals surface area contributed by atoms with Crippen LogP contribution in [0.3, 0.4) is 0 Å². The second kappa shape index (κ2) is 9.19. The Labute approximate surface area is 175 Å². The SMILES string of the molecule is COc1cccc(N2CCC(N3CCC(CO)(Cc4ccccc4)CC3)CC2)c1. The lowest BCUT2D eigenvalue weighted by atomic mass is 9.74. The molecule has 2 aliphatic heterocycles. The van der Waals surface area contributed by atoms with Gasteiger partial charge in [-0.05, 0) is 68.3 Å². The average Bonchev–Trinajstić information content (AvgIpc) is 2.80. The maximum Gasteiger partial charge on any atom is 0.120 e. The maximum absolute atomic E-state index is 10.2. The number of aliphatic hydroxyl groups is 1. The Morgan fingerprint density at radius 3 is 2.34 bits per heavy atom. The molecule has 2 saturated heterocycles. The van der Waals surface area contributed by atoms with Crippen LogP contribution in [-0.2, 0) is 6.42 Å². The van der Waals surface area contributed by atoms with E-state index in [1.807, 2.05) is 6.07 Å². The minimum atomic E-state index is 0.0547. The normalized spacial score (nSPS) is 20.6. The lowest BCUT2D eigenvalue weighted by molar-refractivity contribution is 0.0226. The highest BCUT2D eigenvalue weighted by Gasteiger charge is 2.36. The van der Waals surface area contributed by atoms with E-state index in [1.54, 1.807) is 7.11 Å². The molecule has 0 atom stereocenters. The van der Waals surface area contributed by atoms with Crippen LogP contribution in [0.4, 0.5) is 5.69 Å². The van der Waals surface area contributed by atoms with Crippen molar-refractivity contribution in [1.29, 1.82) is 0 Å². The molecule has 0 aromatic heterocycles. The first-order chi connectivity index (χ1) is 14.2. The molecule has 0 radical (unpaired) electrons. The van der Waals surface area contributed by atoms with Gasteiger partial charge in [0, 0.05) is 37.5 Å². The quantitative estimate of drug-likeness (QED) is 0.804. The number of piperidine rings is 2. The van der Waals surface area contributed by atoms with Gasteiger partial charge >= 0.3 is 0 Å². The van der Waals surface area contributed by atoms with Crippen molar-refractivity contribution >= 4 is 5.69 Å². The van der Waals surface area contributed by atoms with Crippen molar-refractivity contribution in [3.63, 3.8) is 0 Å². The van der Waals surface area contributed by atoms with Gasteiger partial charge in [0.25, 0.3) is 0 Å². The van der Waals surface area contributed by atoms with E-state index in [-0.39, 0.29) is 5.41 Å². The molecule has 2 heterocycles. The van der Waals surface area contributed by atoms with E-state index in [0.29, 0.717) is 12.6 Å². The fourth-order valence-electron chi connectivity index (χ4n) is 5.08. The van der Waals surface area contributed by atoms with E-state index in [0.717, 1.165) is 51.2 Å². The predicted octanol–water partition coefficient (Wildman–Crippen LogP) is 3.98. The minimum Gasteiger partial charge on any atom is -0.497 e. The third kappa shape index (κ3) is 4.76. The maximum atomic E-state index is 10.2. The summed E-state index contributed by atoms with van der Waals surface area (Å²) >= 11 is 0. The van der Waals surface area contributed by atoms with Crippen LogP contribution in [0.1, 0.15) is 31.2 Å². The van der Waals surface area contributed by atoms with Gasteiger partial charge in [0.2, 0.25) is 0 Å². The molecule has 0 spiro atoms. The van der Waals surface area contributed by atoms with Crippen LogP contribution in [0.5, 0.6) is 5.75 Å². The molecule has 4 nitrogen and oxygen atoms in total. The first kappa shape index (κ1) is 20.2. The number of hydrogen-bond acceptors (Lipinski definition) is 4. The molecule has 2 aromatic carbocycles. The molecule has 0 amide bonds. The number of likely N-dealkylation sites (tertiary alicyclic amines) is 1. The van der Waals surface area contributed by atoms with Gasteiger partial charge < -0.3 is 19.6 Å². The number of methoxy groups -OCH3 is 1. The van der Waals surface area contributed by atoms with E-state index in [1.165, 1.54) is 24.1 Å². The molecule has 2 fully saturated rings. The number of rotatable bonds is 6. The van der Waals surface area contributed by atoms with Gasteiger partial charge in [0.1, 0.15) is 5.75 Å². The number of benzene rings is 2. The smallest absolute Gasteiger partial charge is 0.120 e. The summed E-state index contributed by atoms with van der Waals surface area (Å²) in [6, 6.07) is 19.7. The van der Waals surface area contributed by atoms with Gasteiger partial charge in [-0.1, -0.05) is 36.4 Å². The Hall–Kier alpha value is -2.04. The highest BCUT2D eigenvalue weighted by molar-refractivity contribution is 5.51. The summed E-state index contributed by atoms with van der Waals surface area (Å²) in [7, 11) is 1.73. The molecule has 4 heteroatoms. The molecule has 156 valence electrons. The highest BCUT2D eigenvalue weighted by atomic mass is 16.5. The van der Waals surface area contributed by atoms with E-state index in [9.17, 15) is 5.11 Å². The molecule has 1 N–H and O–H groups in total. The van der Waals surface area contributed by atoms with Crippen molar-refractivity contribution in [2.45, 2.75) is 38.1 Å². The number of anilines is 1. The summed E-state index contributed by atoms with van der Waals surface area (Å²) in [6.07, 6.45) is 5.60. The Morgan fingerprint density at radius 1 is 0.966 bits per heavy atom. The van der Waals surface area contributed by atoms with Crippen LogP contribution in [0.25, 0.3) is 0 Å². The zero-order valence-electron chi connectivity index (χ0n) is 17.6. The van der Waals surface area contributed by atoms with Crippen molar-refractivity contribution in [3.05, 3.63) is 60.2 Å². The van der Waals surface area contributed by atoms with Crippen LogP contribution in [0, 0.1) is 5.41 Å². The fourth-order valence-corrected chi connectivity index (χ4v) is 5.08. The zero-order chi connectivity index (χ0) is 20.1. The Balaban J connectivity index is 1.30. The van der Waals surface area contributed by atoms with Crippen molar-refractivity contribution in [2.24, 2.45) is 5.41 Å². The zero-order valence-corrected chi connectivity index (χ0v) is 17.6. The summed E-state index contributed by atoms with van der Waals surface area (Å²) in [5.41, 5.74) is 2.67. The molecular weight excluding hydrogens is 360 g/mol. The largest absolute Gasteiger partial charge is 0.497 e. The molecule has 2 aliphatic rings. The molecule has 0 aliphatic carbocycles. The van der Waals surface area contributed by atoms with Crippen molar-refractivity contribution < 1.29 is 9.84 Å². The van der Waals surface area contributed by atoms with Crippen LogP contribution >= 0.6 is 0 Å². The van der Waals surface area contributed by atoms with Crippen molar-refractivity contribution in [2.75, 3.05) is 44.8 Å². The van der Waals surface area contributed by atoms with Gasteiger partial charge in [0.15, 0.2) is 0 Å². The first-order valence-corrected chi connectivity index (χ1v) is 11.0. The standard InChI is InChI=1S/C25H34N2O2/c1-29-24-9-5-8-23(18-24)26-14-10-22(11-15-26)27-16-12-25(20-28,13-17-27)19-21-6-3-2-4-7-21/h2-9,18,22,28H,10-17,19-20H2,1H3. The molecule has 29 heavy (non-hydrogen) atoms. The Morgan fingerprint density at radius 2 is 1.69 bits per heavy atom. The number of nitrogens with zero attached hydrogens (tertiary/aromatic N) is 2. The van der Waals surface area contributed by atoms with Gasteiger partial charge in [0.05, 0.1) is 7.11 Å². The van der Waals surface area contributed by atoms with E-state index >= 15 is 0 Å². The van der Waals surface area contributed by atoms with Crippen LogP contribution in [0.2, 0.25) is 0 Å². The van der Waals surface area contributed by atoms with E-state index < -0.39 is 0 Å². The number of hydrogen-bond donors (Lipinski definition) is 1. The second-order valence-corrected chi connectivity index (χ2v) is 8.78. The molecule has 0 unspecified atom stereocenters. The van der Waals surface area contributed by atoms with Crippen LogP contribution in [0.15, 0.2) is 54.6 Å². The Kier molecular flexibility index (Phi) is 6.41. The predicted molar refractivity (Wildman–Crippen MR) is 119 cm³/mol. The van der Waals surface area contributed by atoms with E-state index in [4.69, 9.17) is 4.74 Å². The first-order valence-electron chi connectivity index (χ1n) is 11.0. The molecule has 0 bridgehead atoms. The molecule has 0 saturated carbocycles. The fraction of sp³-hybridized carbons (Fsp3) is 0.520. The Bertz CT molecular complexity index is 763. The van der Waals surface area contributed by atoms with Gasteiger partial charge in [-0.25, -0.2) is 0 Å². The lowest BCUT2D eigenvalue weighted by Crippen LogP contribution is -2.50. The van der Waals surface area contributed by atoms with Gasteiger partial charge in [-0.2, -0.15) is 0 Å². The van der Waals surface area contributed by atoms with Gasteiger partial charge in [-0.15, -0.1) is 0 Å². The lowest BCUT2D eigenvalue weighted by Gasteiger charge is -2.46. The average molecular weight is 395 g/mol. The van der Waals surface area contributed by atoms with Crippen LogP contribution in [-0.4, -0.2) is 55.9 Å². The second-order valence-electron chi connectivity index (χ2n) is 8.78. The third-order valence-corrected chi connectivity index (χ3v) is 7.02. The van der Waals surface area contributed by atoms with Gasteiger partial charge in [-0.3, -0.25) is 0 Å². The molecule has 2 aromatic rings. The minimum absolute atomic E-state index is 0.0547. The van der Waals surface area contributed by atoms with Crippen molar-refractivity contribution in [3.8, 4) is 5.75 Å². The number of ether oxygens (including phenoxy) is 1. The van der Waals surface area contributed by atoms with E-state index in [2.05, 4.69) is 58.3 Å². The summed E-state index contributed by atoms with van der Waals surface area (Å²) in [5, 5.41) is 10.2. The summed E-state index contributed by atoms with van der Waals surface area (Å²) < 4.78 is 5.38. The van der Waals surface area contributed by atoms with Crippen LogP contribution < -0.4 is 9.64 Å². The summed E-state index contributed by atoms with van der Waals surface area (Å²) in [5.74, 6) is 0.930. The molecule has 4 rings (SSSR count). The number of aliphatic hydroxyl groups excluding tert-OH is 1. The summed E-state index contributed by atoms with van der Waals surface area (Å²) in [6.45, 7) is 4.71. The topological polar surface area (TPSA) is 35.9 Å². The summed E-state index contributed by atoms with van der Waals surface area (Å²) in [4.78, 5) is 5.16. The van der Waals surface area contributed by atoms with Crippen molar-refractivity contribution in [1.82, 2.24) is 4.90 Å². The highest BCUT2D eigenvalue weighted by Crippen LogP contribution is 2.36.